The van der Waals surface area contributed by atoms with Gasteiger partial charge < -0.3 is 10.1 Å². The standard InChI is InChI=1S/C14H18ClNO2/c1-10(2)12-4-6-13(7-5-12)18-9-14(17)16-8-11(3)15/h4-7,10H,3,8-9H2,1-2H3,(H,16,17). The number of rotatable bonds is 6. The summed E-state index contributed by atoms with van der Waals surface area (Å²) in [6.07, 6.45) is 0. The Morgan fingerprint density at radius 1 is 1.39 bits per heavy atom. The molecule has 18 heavy (non-hydrogen) atoms. The maximum Gasteiger partial charge on any atom is 0.258 e. The molecule has 0 aromatic heterocycles. The predicted molar refractivity (Wildman–Crippen MR) is 74.0 cm³/mol. The highest BCUT2D eigenvalue weighted by atomic mass is 35.5. The lowest BCUT2D eigenvalue weighted by molar-refractivity contribution is -0.122. The van der Waals surface area contributed by atoms with Gasteiger partial charge >= 0.3 is 0 Å². The van der Waals surface area contributed by atoms with Gasteiger partial charge in [-0.05, 0) is 23.6 Å². The number of hydrogen-bond acceptors (Lipinski definition) is 2. The van der Waals surface area contributed by atoms with Gasteiger partial charge in [0.25, 0.3) is 5.91 Å². The average molecular weight is 268 g/mol. The Hall–Kier alpha value is -1.48. The first kappa shape index (κ1) is 14.6. The van der Waals surface area contributed by atoms with Crippen LogP contribution in [-0.2, 0) is 4.79 Å². The maximum atomic E-state index is 11.4. The molecule has 1 amide bonds. The Labute approximate surface area is 113 Å². The van der Waals surface area contributed by atoms with E-state index in [1.54, 1.807) is 0 Å². The minimum Gasteiger partial charge on any atom is -0.484 e. The summed E-state index contributed by atoms with van der Waals surface area (Å²) in [5, 5.41) is 2.98. The van der Waals surface area contributed by atoms with Crippen molar-refractivity contribution >= 4 is 17.5 Å². The molecule has 0 spiro atoms. The van der Waals surface area contributed by atoms with Gasteiger partial charge in [0.1, 0.15) is 5.75 Å². The molecule has 98 valence electrons. The van der Waals surface area contributed by atoms with Crippen LogP contribution in [0.25, 0.3) is 0 Å². The van der Waals surface area contributed by atoms with Gasteiger partial charge in [-0.2, -0.15) is 0 Å². The Balaban J connectivity index is 2.39. The highest BCUT2D eigenvalue weighted by Gasteiger charge is 2.03. The van der Waals surface area contributed by atoms with Crippen molar-refractivity contribution < 1.29 is 9.53 Å². The van der Waals surface area contributed by atoms with E-state index in [9.17, 15) is 4.79 Å². The van der Waals surface area contributed by atoms with Crippen molar-refractivity contribution in [3.8, 4) is 5.75 Å². The molecule has 0 saturated carbocycles. The van der Waals surface area contributed by atoms with E-state index in [4.69, 9.17) is 16.3 Å². The Morgan fingerprint density at radius 2 is 2.00 bits per heavy atom. The first-order chi connectivity index (χ1) is 8.49. The number of carbonyl (C=O) groups is 1. The van der Waals surface area contributed by atoms with E-state index in [-0.39, 0.29) is 19.1 Å². The third kappa shape index (κ3) is 5.23. The second-order valence-electron chi connectivity index (χ2n) is 4.31. The highest BCUT2D eigenvalue weighted by Crippen LogP contribution is 2.18. The molecule has 0 aliphatic carbocycles. The largest absolute Gasteiger partial charge is 0.484 e. The Bertz CT molecular complexity index is 412. The van der Waals surface area contributed by atoms with Gasteiger partial charge in [0, 0.05) is 5.03 Å². The van der Waals surface area contributed by atoms with Crippen molar-refractivity contribution in [1.29, 1.82) is 0 Å². The molecule has 0 bridgehead atoms. The fourth-order valence-electron chi connectivity index (χ4n) is 1.34. The molecule has 1 N–H and O–H groups in total. The van der Waals surface area contributed by atoms with E-state index in [0.29, 0.717) is 16.7 Å². The molecule has 1 aromatic carbocycles. The fourth-order valence-corrected chi connectivity index (χ4v) is 1.41. The van der Waals surface area contributed by atoms with Gasteiger partial charge in [-0.15, -0.1) is 0 Å². The molecule has 3 nitrogen and oxygen atoms in total. The second-order valence-corrected chi connectivity index (χ2v) is 4.84. The maximum absolute atomic E-state index is 11.4. The number of amides is 1. The molecule has 0 radical (unpaired) electrons. The number of nitrogens with one attached hydrogen (secondary N) is 1. The summed E-state index contributed by atoms with van der Waals surface area (Å²) in [5.41, 5.74) is 1.24. The van der Waals surface area contributed by atoms with Gasteiger partial charge in [-0.1, -0.05) is 44.2 Å². The molecule has 0 aliphatic rings. The van der Waals surface area contributed by atoms with Gasteiger partial charge in [0.2, 0.25) is 0 Å². The SMILES string of the molecule is C=C(Cl)CNC(=O)COc1ccc(C(C)C)cc1. The van der Waals surface area contributed by atoms with Crippen LogP contribution >= 0.6 is 11.6 Å². The molecule has 0 unspecified atom stereocenters. The van der Waals surface area contributed by atoms with Crippen molar-refractivity contribution in [1.82, 2.24) is 5.32 Å². The summed E-state index contributed by atoms with van der Waals surface area (Å²) >= 11 is 5.54. The summed E-state index contributed by atoms with van der Waals surface area (Å²) in [7, 11) is 0. The smallest absolute Gasteiger partial charge is 0.258 e. The molecular weight excluding hydrogens is 250 g/mol. The predicted octanol–water partition coefficient (Wildman–Crippen LogP) is 3.06. The summed E-state index contributed by atoms with van der Waals surface area (Å²) < 4.78 is 5.35. The van der Waals surface area contributed by atoms with Crippen LogP contribution in [0.1, 0.15) is 25.3 Å². The van der Waals surface area contributed by atoms with Crippen LogP contribution in [0.3, 0.4) is 0 Å². The Morgan fingerprint density at radius 3 is 2.50 bits per heavy atom. The molecule has 0 fully saturated rings. The van der Waals surface area contributed by atoms with Gasteiger partial charge in [-0.25, -0.2) is 0 Å². The van der Waals surface area contributed by atoms with Crippen LogP contribution in [-0.4, -0.2) is 19.1 Å². The second kappa shape index (κ2) is 7.07. The number of halogens is 1. The summed E-state index contributed by atoms with van der Waals surface area (Å²) in [6, 6.07) is 7.73. The zero-order valence-electron chi connectivity index (χ0n) is 10.7. The minimum atomic E-state index is -0.218. The molecule has 1 rings (SSSR count). The van der Waals surface area contributed by atoms with E-state index in [0.717, 1.165) is 0 Å². The first-order valence-electron chi connectivity index (χ1n) is 5.81. The first-order valence-corrected chi connectivity index (χ1v) is 6.19. The quantitative estimate of drug-likeness (QED) is 0.860. The average Bonchev–Trinajstić information content (AvgIpc) is 2.34. The molecule has 0 heterocycles. The zero-order valence-corrected chi connectivity index (χ0v) is 11.5. The summed E-state index contributed by atoms with van der Waals surface area (Å²) in [4.78, 5) is 11.4. The van der Waals surface area contributed by atoms with Gasteiger partial charge in [-0.3, -0.25) is 4.79 Å². The normalized spacial score (nSPS) is 10.2. The van der Waals surface area contributed by atoms with Crippen molar-refractivity contribution in [3.05, 3.63) is 41.4 Å². The number of ether oxygens (including phenoxy) is 1. The van der Waals surface area contributed by atoms with Crippen LogP contribution in [0, 0.1) is 0 Å². The molecule has 0 atom stereocenters. The van der Waals surface area contributed by atoms with Crippen LogP contribution in [0.4, 0.5) is 0 Å². The molecule has 0 saturated heterocycles. The summed E-state index contributed by atoms with van der Waals surface area (Å²) in [6.45, 7) is 7.97. The number of carbonyl (C=O) groups excluding carboxylic acids is 1. The lowest BCUT2D eigenvalue weighted by Crippen LogP contribution is -2.29. The topological polar surface area (TPSA) is 38.3 Å². The van der Waals surface area contributed by atoms with Crippen LogP contribution in [0.5, 0.6) is 5.75 Å². The van der Waals surface area contributed by atoms with Crippen molar-refractivity contribution in [2.45, 2.75) is 19.8 Å². The van der Waals surface area contributed by atoms with E-state index in [1.165, 1.54) is 5.56 Å². The number of benzene rings is 1. The summed E-state index contributed by atoms with van der Waals surface area (Å²) in [5.74, 6) is 0.945. The lowest BCUT2D eigenvalue weighted by atomic mass is 10.0. The third-order valence-electron chi connectivity index (χ3n) is 2.39. The highest BCUT2D eigenvalue weighted by molar-refractivity contribution is 6.29. The van der Waals surface area contributed by atoms with Crippen molar-refractivity contribution in [3.63, 3.8) is 0 Å². The van der Waals surface area contributed by atoms with Crippen LogP contribution < -0.4 is 10.1 Å². The van der Waals surface area contributed by atoms with E-state index < -0.39 is 0 Å². The van der Waals surface area contributed by atoms with Crippen LogP contribution in [0.15, 0.2) is 35.9 Å². The van der Waals surface area contributed by atoms with E-state index in [2.05, 4.69) is 25.7 Å². The van der Waals surface area contributed by atoms with Gasteiger partial charge in [0.05, 0.1) is 6.54 Å². The van der Waals surface area contributed by atoms with E-state index in [1.807, 2.05) is 24.3 Å². The molecule has 0 aliphatic heterocycles. The van der Waals surface area contributed by atoms with Crippen molar-refractivity contribution in [2.24, 2.45) is 0 Å². The Kier molecular flexibility index (Phi) is 5.72. The lowest BCUT2D eigenvalue weighted by Gasteiger charge is -2.09. The van der Waals surface area contributed by atoms with Gasteiger partial charge in [0.15, 0.2) is 6.61 Å². The molecule has 4 heteroatoms. The van der Waals surface area contributed by atoms with E-state index >= 15 is 0 Å². The monoisotopic (exact) mass is 267 g/mol. The molecule has 1 aromatic rings. The van der Waals surface area contributed by atoms with Crippen LogP contribution in [0.2, 0.25) is 0 Å². The molecular formula is C14H18ClNO2. The van der Waals surface area contributed by atoms with Crippen molar-refractivity contribution in [2.75, 3.05) is 13.2 Å². The number of hydrogen-bond donors (Lipinski definition) is 1. The zero-order chi connectivity index (χ0) is 13.5. The third-order valence-corrected chi connectivity index (χ3v) is 2.53. The minimum absolute atomic E-state index is 0.0226. The fraction of sp³-hybridized carbons (Fsp3) is 0.357.